The third-order valence-corrected chi connectivity index (χ3v) is 5.45. The van der Waals surface area contributed by atoms with Crippen molar-refractivity contribution in [2.75, 3.05) is 32.8 Å². The monoisotopic (exact) mass is 400 g/mol. The van der Waals surface area contributed by atoms with Gasteiger partial charge in [-0.2, -0.15) is 4.98 Å². The molecule has 0 bridgehead atoms. The Morgan fingerprint density at radius 1 is 1.21 bits per heavy atom. The van der Waals surface area contributed by atoms with Gasteiger partial charge in [0.05, 0.1) is 13.2 Å². The summed E-state index contributed by atoms with van der Waals surface area (Å²) < 4.78 is 10.7. The van der Waals surface area contributed by atoms with E-state index in [-0.39, 0.29) is 11.4 Å². The third-order valence-electron chi connectivity index (χ3n) is 5.45. The van der Waals surface area contributed by atoms with Crippen LogP contribution in [0, 0.1) is 0 Å². The molecule has 2 heterocycles. The number of hydrogen-bond donors (Lipinski definition) is 1. The van der Waals surface area contributed by atoms with Crippen molar-refractivity contribution in [3.63, 3.8) is 0 Å². The van der Waals surface area contributed by atoms with Gasteiger partial charge in [-0.25, -0.2) is 0 Å². The van der Waals surface area contributed by atoms with E-state index < -0.39 is 0 Å². The molecule has 2 aromatic rings. The second kappa shape index (κ2) is 9.50. The average molecular weight is 401 g/mol. The first-order valence-electron chi connectivity index (χ1n) is 10.4. The Kier molecular flexibility index (Phi) is 7.03. The summed E-state index contributed by atoms with van der Waals surface area (Å²) in [4.78, 5) is 19.1. The van der Waals surface area contributed by atoms with E-state index in [0.717, 1.165) is 31.9 Å². The van der Waals surface area contributed by atoms with Gasteiger partial charge >= 0.3 is 0 Å². The summed E-state index contributed by atoms with van der Waals surface area (Å²) in [6.07, 6.45) is 0.758. The molecule has 1 amide bonds. The molecule has 7 heteroatoms. The largest absolute Gasteiger partial charge is 0.379 e. The predicted octanol–water partition coefficient (Wildman–Crippen LogP) is 3.02. The smallest absolute Gasteiger partial charge is 0.227 e. The molecule has 1 N–H and O–H groups in total. The van der Waals surface area contributed by atoms with Gasteiger partial charge in [0.15, 0.2) is 0 Å². The van der Waals surface area contributed by atoms with Gasteiger partial charge in [0.1, 0.15) is 0 Å². The normalized spacial score (nSPS) is 15.6. The standard InChI is InChI=1S/C22H32N4O3/c1-16(2)17-5-7-18(8-6-17)21-24-20(29-25-21)10-9-19(27)23-15-22(3,4)26-11-13-28-14-12-26/h5-8,16H,9-15H2,1-4H3,(H,23,27). The second-order valence-corrected chi connectivity index (χ2v) is 8.48. The van der Waals surface area contributed by atoms with Gasteiger partial charge in [0, 0.05) is 43.6 Å². The predicted molar refractivity (Wildman–Crippen MR) is 112 cm³/mol. The number of morpholine rings is 1. The van der Waals surface area contributed by atoms with Crippen LogP contribution in [0.4, 0.5) is 0 Å². The van der Waals surface area contributed by atoms with E-state index in [4.69, 9.17) is 9.26 Å². The van der Waals surface area contributed by atoms with Crippen LogP contribution in [-0.2, 0) is 16.0 Å². The van der Waals surface area contributed by atoms with Crippen molar-refractivity contribution in [3.05, 3.63) is 35.7 Å². The zero-order chi connectivity index (χ0) is 20.9. The maximum atomic E-state index is 12.3. The van der Waals surface area contributed by atoms with Crippen LogP contribution in [0.3, 0.4) is 0 Å². The van der Waals surface area contributed by atoms with Gasteiger partial charge in [-0.05, 0) is 25.3 Å². The van der Waals surface area contributed by atoms with Crippen molar-refractivity contribution < 1.29 is 14.1 Å². The van der Waals surface area contributed by atoms with Gasteiger partial charge in [-0.1, -0.05) is 43.3 Å². The molecule has 7 nitrogen and oxygen atoms in total. The number of benzene rings is 1. The van der Waals surface area contributed by atoms with Gasteiger partial charge < -0.3 is 14.6 Å². The molecule has 0 atom stereocenters. The Balaban J connectivity index is 1.47. The molecule has 0 saturated carbocycles. The van der Waals surface area contributed by atoms with E-state index in [1.807, 2.05) is 12.1 Å². The van der Waals surface area contributed by atoms with Crippen molar-refractivity contribution in [1.82, 2.24) is 20.4 Å². The second-order valence-electron chi connectivity index (χ2n) is 8.48. The fraction of sp³-hybridized carbons (Fsp3) is 0.591. The van der Waals surface area contributed by atoms with Crippen LogP contribution in [0.1, 0.15) is 51.5 Å². The lowest BCUT2D eigenvalue weighted by Crippen LogP contribution is -2.55. The molecule has 29 heavy (non-hydrogen) atoms. The highest BCUT2D eigenvalue weighted by Gasteiger charge is 2.28. The van der Waals surface area contributed by atoms with Gasteiger partial charge in [0.25, 0.3) is 0 Å². The molecule has 0 unspecified atom stereocenters. The number of hydrogen-bond acceptors (Lipinski definition) is 6. The number of rotatable bonds is 8. The molecule has 1 fully saturated rings. The summed E-state index contributed by atoms with van der Waals surface area (Å²) in [5.74, 6) is 1.52. The van der Waals surface area contributed by atoms with E-state index in [1.165, 1.54) is 5.56 Å². The first-order valence-corrected chi connectivity index (χ1v) is 10.4. The van der Waals surface area contributed by atoms with Gasteiger partial charge in [-0.15, -0.1) is 0 Å². The summed E-state index contributed by atoms with van der Waals surface area (Å²) in [7, 11) is 0. The maximum Gasteiger partial charge on any atom is 0.227 e. The zero-order valence-corrected chi connectivity index (χ0v) is 17.9. The molecule has 1 aromatic heterocycles. The number of aryl methyl sites for hydroxylation is 1. The molecule has 0 spiro atoms. The Labute approximate surface area is 172 Å². The number of carbonyl (C=O) groups is 1. The molecule has 1 aliphatic rings. The minimum absolute atomic E-state index is 0.00706. The Hall–Kier alpha value is -2.25. The highest BCUT2D eigenvalue weighted by atomic mass is 16.5. The summed E-state index contributed by atoms with van der Waals surface area (Å²) in [6.45, 7) is 12.5. The SMILES string of the molecule is CC(C)c1ccc(-c2noc(CCC(=O)NCC(C)(C)N3CCOCC3)n2)cc1. The van der Waals surface area contributed by atoms with Crippen LogP contribution in [0.25, 0.3) is 11.4 Å². The van der Waals surface area contributed by atoms with Crippen molar-refractivity contribution in [1.29, 1.82) is 0 Å². The fourth-order valence-corrected chi connectivity index (χ4v) is 3.39. The van der Waals surface area contributed by atoms with Crippen LogP contribution < -0.4 is 5.32 Å². The van der Waals surface area contributed by atoms with E-state index in [9.17, 15) is 4.79 Å². The summed E-state index contributed by atoms with van der Waals surface area (Å²) in [6, 6.07) is 8.17. The van der Waals surface area contributed by atoms with Crippen LogP contribution in [0.5, 0.6) is 0 Å². The van der Waals surface area contributed by atoms with E-state index in [0.29, 0.717) is 37.0 Å². The fourth-order valence-electron chi connectivity index (χ4n) is 3.39. The summed E-state index contributed by atoms with van der Waals surface area (Å²) in [5.41, 5.74) is 2.09. The minimum Gasteiger partial charge on any atom is -0.379 e. The lowest BCUT2D eigenvalue weighted by Gasteiger charge is -2.40. The Bertz CT molecular complexity index is 793. The molecule has 158 valence electrons. The molecular formula is C22H32N4O3. The summed E-state index contributed by atoms with van der Waals surface area (Å²) >= 11 is 0. The molecular weight excluding hydrogens is 368 g/mol. The third kappa shape index (κ3) is 5.87. The molecule has 1 aromatic carbocycles. The quantitative estimate of drug-likeness (QED) is 0.734. The molecule has 3 rings (SSSR count). The molecule has 1 saturated heterocycles. The number of aromatic nitrogens is 2. The summed E-state index contributed by atoms with van der Waals surface area (Å²) in [5, 5.41) is 7.08. The maximum absolute atomic E-state index is 12.3. The van der Waals surface area contributed by atoms with Crippen molar-refractivity contribution in [3.8, 4) is 11.4 Å². The number of nitrogens with one attached hydrogen (secondary N) is 1. The topological polar surface area (TPSA) is 80.5 Å². The van der Waals surface area contributed by atoms with E-state index >= 15 is 0 Å². The van der Waals surface area contributed by atoms with Crippen LogP contribution in [0.15, 0.2) is 28.8 Å². The molecule has 0 aliphatic carbocycles. The lowest BCUT2D eigenvalue weighted by molar-refractivity contribution is -0.122. The first kappa shape index (κ1) is 21.5. The van der Waals surface area contributed by atoms with E-state index in [1.54, 1.807) is 0 Å². The van der Waals surface area contributed by atoms with Crippen molar-refractivity contribution in [2.45, 2.75) is 52.0 Å². The van der Waals surface area contributed by atoms with E-state index in [2.05, 4.69) is 60.2 Å². The van der Waals surface area contributed by atoms with Crippen molar-refractivity contribution in [2.24, 2.45) is 0 Å². The van der Waals surface area contributed by atoms with Gasteiger partial charge in [-0.3, -0.25) is 9.69 Å². The average Bonchev–Trinajstić information content (AvgIpc) is 3.20. The highest BCUT2D eigenvalue weighted by Crippen LogP contribution is 2.21. The molecule has 0 radical (unpaired) electrons. The van der Waals surface area contributed by atoms with Crippen molar-refractivity contribution >= 4 is 5.91 Å². The number of carbonyl (C=O) groups excluding carboxylic acids is 1. The van der Waals surface area contributed by atoms with Crippen LogP contribution >= 0.6 is 0 Å². The first-order chi connectivity index (χ1) is 13.8. The number of nitrogens with zero attached hydrogens (tertiary/aromatic N) is 3. The number of amides is 1. The highest BCUT2D eigenvalue weighted by molar-refractivity contribution is 5.76. The van der Waals surface area contributed by atoms with Crippen LogP contribution in [-0.4, -0.2) is 59.3 Å². The lowest BCUT2D eigenvalue weighted by atomic mass is 10.0. The van der Waals surface area contributed by atoms with Crippen LogP contribution in [0.2, 0.25) is 0 Å². The number of ether oxygens (including phenoxy) is 1. The Morgan fingerprint density at radius 3 is 2.55 bits per heavy atom. The van der Waals surface area contributed by atoms with Gasteiger partial charge in [0.2, 0.25) is 17.6 Å². The minimum atomic E-state index is -0.0980. The molecule has 1 aliphatic heterocycles. The zero-order valence-electron chi connectivity index (χ0n) is 17.9. The Morgan fingerprint density at radius 2 is 1.90 bits per heavy atom.